The first kappa shape index (κ1) is 19.4. The zero-order valence-corrected chi connectivity index (χ0v) is 16.6. The van der Waals surface area contributed by atoms with E-state index in [0.717, 1.165) is 11.1 Å². The minimum atomic E-state index is -0.203. The van der Waals surface area contributed by atoms with Crippen LogP contribution >= 0.6 is 0 Å². The maximum atomic E-state index is 12.6. The number of aryl methyl sites for hydroxylation is 2. The van der Waals surface area contributed by atoms with Crippen LogP contribution in [0.15, 0.2) is 68.3 Å². The van der Waals surface area contributed by atoms with E-state index in [2.05, 4.69) is 10.5 Å². The molecule has 7 heteroatoms. The molecule has 1 N–H and O–H groups in total. The molecule has 2 aromatic heterocycles. The third-order valence-corrected chi connectivity index (χ3v) is 4.69. The molecule has 0 bridgehead atoms. The lowest BCUT2D eigenvalue weighted by molar-refractivity contribution is -0.116. The quantitative estimate of drug-likeness (QED) is 0.514. The van der Waals surface area contributed by atoms with E-state index in [1.54, 1.807) is 24.3 Å². The molecule has 0 unspecified atom stereocenters. The van der Waals surface area contributed by atoms with Crippen LogP contribution in [-0.2, 0) is 11.2 Å². The Kier molecular flexibility index (Phi) is 5.34. The third-order valence-electron chi connectivity index (χ3n) is 4.69. The molecule has 0 saturated heterocycles. The molecule has 152 valence electrons. The summed E-state index contributed by atoms with van der Waals surface area (Å²) in [5.74, 6) is 1.23. The number of hydrogen-bond donors (Lipinski definition) is 1. The monoisotopic (exact) mass is 404 g/mol. The highest BCUT2D eigenvalue weighted by atomic mass is 16.5. The van der Waals surface area contributed by atoms with Crippen molar-refractivity contribution in [3.05, 3.63) is 76.1 Å². The topological polar surface area (TPSA) is 94.6 Å². The summed E-state index contributed by atoms with van der Waals surface area (Å²) < 4.78 is 15.9. The highest BCUT2D eigenvalue weighted by Gasteiger charge is 2.11. The molecule has 7 nitrogen and oxygen atoms in total. The zero-order valence-electron chi connectivity index (χ0n) is 16.6. The maximum absolute atomic E-state index is 12.6. The van der Waals surface area contributed by atoms with Gasteiger partial charge in [0.2, 0.25) is 5.91 Å². The molecule has 0 fully saturated rings. The predicted octanol–water partition coefficient (Wildman–Crippen LogP) is 4.34. The first-order chi connectivity index (χ1) is 14.5. The second-order valence-corrected chi connectivity index (χ2v) is 6.94. The van der Waals surface area contributed by atoms with E-state index in [9.17, 15) is 9.59 Å². The lowest BCUT2D eigenvalue weighted by atomic mass is 10.1. The van der Waals surface area contributed by atoms with Gasteiger partial charge in [-0.05, 0) is 30.3 Å². The Labute approximate surface area is 172 Å². The van der Waals surface area contributed by atoms with Crippen molar-refractivity contribution in [2.24, 2.45) is 0 Å². The van der Waals surface area contributed by atoms with Gasteiger partial charge in [-0.3, -0.25) is 9.59 Å². The van der Waals surface area contributed by atoms with E-state index in [-0.39, 0.29) is 17.8 Å². The molecule has 4 rings (SSSR count). The van der Waals surface area contributed by atoms with Crippen molar-refractivity contribution in [3.8, 4) is 17.2 Å². The van der Waals surface area contributed by atoms with E-state index >= 15 is 0 Å². The summed E-state index contributed by atoms with van der Waals surface area (Å²) >= 11 is 0. The molecule has 30 heavy (non-hydrogen) atoms. The number of benzene rings is 2. The fraction of sp³-hybridized carbons (Fsp3) is 0.174. The Hall–Kier alpha value is -3.87. The minimum Gasteiger partial charge on any atom is -0.479 e. The lowest BCUT2D eigenvalue weighted by Gasteiger charge is -2.07. The Balaban J connectivity index is 1.49. The Bertz CT molecular complexity index is 1250. The van der Waals surface area contributed by atoms with Gasteiger partial charge in [0.1, 0.15) is 17.1 Å². The molecule has 0 saturated carbocycles. The summed E-state index contributed by atoms with van der Waals surface area (Å²) in [7, 11) is 1.49. The van der Waals surface area contributed by atoms with Gasteiger partial charge in [-0.15, -0.1) is 0 Å². The number of nitrogens with zero attached hydrogens (tertiary/aromatic N) is 1. The summed E-state index contributed by atoms with van der Waals surface area (Å²) in [4.78, 5) is 24.9. The van der Waals surface area contributed by atoms with Crippen LogP contribution in [0, 0.1) is 6.92 Å². The molecule has 1 amide bonds. The lowest BCUT2D eigenvalue weighted by Crippen LogP contribution is -2.12. The summed E-state index contributed by atoms with van der Waals surface area (Å²) in [5.41, 5.74) is 2.78. The Morgan fingerprint density at radius 1 is 1.10 bits per heavy atom. The molecule has 0 aliphatic carbocycles. The van der Waals surface area contributed by atoms with Gasteiger partial charge in [0.05, 0.1) is 12.5 Å². The van der Waals surface area contributed by atoms with Crippen LogP contribution < -0.4 is 15.5 Å². The minimum absolute atomic E-state index is 0.170. The molecular formula is C23H20N2O5. The smallest absolute Gasteiger partial charge is 0.254 e. The standard InChI is InChI=1S/C23H20N2O5/c1-14-3-5-15(6-4-14)21-13-19(26)18-11-16(7-9-20(18)29-21)24-22(27)10-8-17-12-23(28-2)25-30-17/h3-7,9,11-13H,8,10H2,1-2H3,(H,24,27). The maximum Gasteiger partial charge on any atom is 0.254 e. The number of nitrogens with one attached hydrogen (secondary N) is 1. The average molecular weight is 404 g/mol. The number of amides is 1. The van der Waals surface area contributed by atoms with Gasteiger partial charge in [0, 0.05) is 36.2 Å². The van der Waals surface area contributed by atoms with E-state index in [4.69, 9.17) is 13.7 Å². The Morgan fingerprint density at radius 2 is 1.90 bits per heavy atom. The molecule has 0 spiro atoms. The largest absolute Gasteiger partial charge is 0.479 e. The fourth-order valence-corrected chi connectivity index (χ4v) is 3.06. The van der Waals surface area contributed by atoms with Crippen molar-refractivity contribution < 1.29 is 18.5 Å². The van der Waals surface area contributed by atoms with Crippen LogP contribution in [0.25, 0.3) is 22.3 Å². The van der Waals surface area contributed by atoms with Gasteiger partial charge in [0.15, 0.2) is 5.43 Å². The summed E-state index contributed by atoms with van der Waals surface area (Å²) in [6, 6.07) is 15.9. The van der Waals surface area contributed by atoms with E-state index < -0.39 is 0 Å². The van der Waals surface area contributed by atoms with Gasteiger partial charge in [-0.2, -0.15) is 0 Å². The number of fused-ring (bicyclic) bond motifs is 1. The van der Waals surface area contributed by atoms with Gasteiger partial charge in [-0.1, -0.05) is 29.8 Å². The molecule has 0 radical (unpaired) electrons. The predicted molar refractivity (Wildman–Crippen MR) is 113 cm³/mol. The summed E-state index contributed by atoms with van der Waals surface area (Å²) in [5, 5.41) is 6.90. The second kappa shape index (κ2) is 8.24. The first-order valence-electron chi connectivity index (χ1n) is 9.46. The first-order valence-corrected chi connectivity index (χ1v) is 9.46. The molecular weight excluding hydrogens is 384 g/mol. The fourth-order valence-electron chi connectivity index (χ4n) is 3.06. The third kappa shape index (κ3) is 4.25. The van der Waals surface area contributed by atoms with Crippen molar-refractivity contribution in [2.45, 2.75) is 19.8 Å². The number of aromatic nitrogens is 1. The van der Waals surface area contributed by atoms with Crippen molar-refractivity contribution in [1.29, 1.82) is 0 Å². The molecule has 0 aliphatic rings. The van der Waals surface area contributed by atoms with Crippen LogP contribution in [0.3, 0.4) is 0 Å². The van der Waals surface area contributed by atoms with Gasteiger partial charge in [-0.25, -0.2) is 0 Å². The van der Waals surface area contributed by atoms with Crippen LogP contribution in [0.1, 0.15) is 17.7 Å². The molecule has 2 aromatic carbocycles. The van der Waals surface area contributed by atoms with Crippen molar-refractivity contribution >= 4 is 22.6 Å². The Morgan fingerprint density at radius 3 is 2.63 bits per heavy atom. The van der Waals surface area contributed by atoms with E-state index in [1.165, 1.54) is 13.2 Å². The molecule has 2 heterocycles. The molecule has 0 aliphatic heterocycles. The highest BCUT2D eigenvalue weighted by molar-refractivity contribution is 5.93. The van der Waals surface area contributed by atoms with Crippen LogP contribution in [-0.4, -0.2) is 18.2 Å². The number of rotatable bonds is 6. The summed E-state index contributed by atoms with van der Waals surface area (Å²) in [6.45, 7) is 2.00. The van der Waals surface area contributed by atoms with E-state index in [0.29, 0.717) is 40.5 Å². The van der Waals surface area contributed by atoms with Crippen LogP contribution in [0.5, 0.6) is 5.88 Å². The number of hydrogen-bond acceptors (Lipinski definition) is 6. The van der Waals surface area contributed by atoms with Gasteiger partial charge < -0.3 is 19.0 Å². The molecule has 0 atom stereocenters. The van der Waals surface area contributed by atoms with E-state index in [1.807, 2.05) is 31.2 Å². The van der Waals surface area contributed by atoms with Gasteiger partial charge >= 0.3 is 0 Å². The molecule has 4 aromatic rings. The summed E-state index contributed by atoms with van der Waals surface area (Å²) in [6.07, 6.45) is 0.592. The number of ether oxygens (including phenoxy) is 1. The second-order valence-electron chi connectivity index (χ2n) is 6.94. The van der Waals surface area contributed by atoms with Crippen LogP contribution in [0.4, 0.5) is 5.69 Å². The number of anilines is 1. The normalized spacial score (nSPS) is 10.9. The number of methoxy groups -OCH3 is 1. The zero-order chi connectivity index (χ0) is 21.1. The SMILES string of the molecule is COc1cc(CCC(=O)Nc2ccc3oc(-c4ccc(C)cc4)cc(=O)c3c2)on1. The number of carbonyl (C=O) groups is 1. The highest BCUT2D eigenvalue weighted by Crippen LogP contribution is 2.24. The van der Waals surface area contributed by atoms with Crippen molar-refractivity contribution in [3.63, 3.8) is 0 Å². The number of carbonyl (C=O) groups excluding carboxylic acids is 1. The van der Waals surface area contributed by atoms with Crippen LogP contribution in [0.2, 0.25) is 0 Å². The van der Waals surface area contributed by atoms with Crippen molar-refractivity contribution in [2.75, 3.05) is 12.4 Å². The average Bonchev–Trinajstić information content (AvgIpc) is 3.21. The van der Waals surface area contributed by atoms with Crippen molar-refractivity contribution in [1.82, 2.24) is 5.16 Å². The van der Waals surface area contributed by atoms with Gasteiger partial charge in [0.25, 0.3) is 5.88 Å².